The van der Waals surface area contributed by atoms with E-state index in [0.29, 0.717) is 35.2 Å². The predicted octanol–water partition coefficient (Wildman–Crippen LogP) is 1.22. The Hall–Kier alpha value is -1.18. The summed E-state index contributed by atoms with van der Waals surface area (Å²) < 4.78 is 36.5. The standard InChI is InChI=1S/C12H17ClN2O4S/c1-18-11-6-10(12(19-2)5-9(11)13)15-4-3-8(7-14)20(15,16)17/h5-6,8H,3-4,7,14H2,1-2H3/t8-/m0/s1. The lowest BCUT2D eigenvalue weighted by Crippen LogP contribution is -2.33. The molecule has 0 aromatic heterocycles. The Morgan fingerprint density at radius 1 is 1.35 bits per heavy atom. The SMILES string of the molecule is COc1cc(N2CC[C@@H](CN)S2(=O)=O)c(OC)cc1Cl. The van der Waals surface area contributed by atoms with Crippen LogP contribution in [0.5, 0.6) is 11.5 Å². The van der Waals surface area contributed by atoms with E-state index in [4.69, 9.17) is 26.8 Å². The smallest absolute Gasteiger partial charge is 0.239 e. The van der Waals surface area contributed by atoms with Crippen LogP contribution in [0.1, 0.15) is 6.42 Å². The summed E-state index contributed by atoms with van der Waals surface area (Å²) in [5.74, 6) is 0.783. The predicted molar refractivity (Wildman–Crippen MR) is 78.3 cm³/mol. The van der Waals surface area contributed by atoms with Crippen LogP contribution >= 0.6 is 11.6 Å². The van der Waals surface area contributed by atoms with Crippen LogP contribution in [0.2, 0.25) is 5.02 Å². The quantitative estimate of drug-likeness (QED) is 0.902. The second-order valence-corrected chi connectivity index (χ2v) is 6.97. The van der Waals surface area contributed by atoms with E-state index in [1.807, 2.05) is 0 Å². The van der Waals surface area contributed by atoms with Crippen molar-refractivity contribution in [1.29, 1.82) is 0 Å². The van der Waals surface area contributed by atoms with Crippen molar-refractivity contribution in [3.05, 3.63) is 17.2 Å². The Labute approximate surface area is 123 Å². The molecule has 0 aliphatic carbocycles. The van der Waals surface area contributed by atoms with E-state index in [0.717, 1.165) is 0 Å². The van der Waals surface area contributed by atoms with Crippen molar-refractivity contribution in [2.75, 3.05) is 31.6 Å². The third-order valence-electron chi connectivity index (χ3n) is 3.37. The number of hydrogen-bond acceptors (Lipinski definition) is 5. The summed E-state index contributed by atoms with van der Waals surface area (Å²) in [6.07, 6.45) is 0.493. The van der Waals surface area contributed by atoms with Gasteiger partial charge in [-0.3, -0.25) is 4.31 Å². The highest BCUT2D eigenvalue weighted by atomic mass is 35.5. The van der Waals surface area contributed by atoms with Gasteiger partial charge < -0.3 is 15.2 Å². The van der Waals surface area contributed by atoms with Crippen molar-refractivity contribution >= 4 is 27.3 Å². The van der Waals surface area contributed by atoms with E-state index in [2.05, 4.69) is 0 Å². The van der Waals surface area contributed by atoms with Gasteiger partial charge in [0.2, 0.25) is 10.0 Å². The average Bonchev–Trinajstić information content (AvgIpc) is 2.72. The molecule has 1 heterocycles. The fraction of sp³-hybridized carbons (Fsp3) is 0.500. The van der Waals surface area contributed by atoms with Gasteiger partial charge >= 0.3 is 0 Å². The molecule has 1 atom stereocenters. The van der Waals surface area contributed by atoms with E-state index in [9.17, 15) is 8.42 Å². The van der Waals surface area contributed by atoms with Gasteiger partial charge in [0.05, 0.1) is 30.2 Å². The largest absolute Gasteiger partial charge is 0.495 e. The normalized spacial score (nSPS) is 21.0. The van der Waals surface area contributed by atoms with Crippen molar-refractivity contribution in [3.8, 4) is 11.5 Å². The van der Waals surface area contributed by atoms with Crippen LogP contribution < -0.4 is 19.5 Å². The Morgan fingerprint density at radius 3 is 2.50 bits per heavy atom. The molecule has 1 saturated heterocycles. The van der Waals surface area contributed by atoms with Crippen LogP contribution in [0, 0.1) is 0 Å². The third-order valence-corrected chi connectivity index (χ3v) is 5.93. The van der Waals surface area contributed by atoms with E-state index >= 15 is 0 Å². The van der Waals surface area contributed by atoms with Gasteiger partial charge in [0.15, 0.2) is 0 Å². The average molecular weight is 321 g/mol. The summed E-state index contributed by atoms with van der Waals surface area (Å²) in [4.78, 5) is 0. The monoisotopic (exact) mass is 320 g/mol. The van der Waals surface area contributed by atoms with Gasteiger partial charge in [-0.2, -0.15) is 0 Å². The van der Waals surface area contributed by atoms with Crippen molar-refractivity contribution < 1.29 is 17.9 Å². The zero-order valence-corrected chi connectivity index (χ0v) is 12.9. The van der Waals surface area contributed by atoms with Gasteiger partial charge in [0.25, 0.3) is 0 Å². The minimum Gasteiger partial charge on any atom is -0.495 e. The number of anilines is 1. The number of nitrogens with two attached hydrogens (primary N) is 1. The van der Waals surface area contributed by atoms with Gasteiger partial charge in [-0.1, -0.05) is 11.6 Å². The molecule has 0 bridgehead atoms. The number of ether oxygens (including phenoxy) is 2. The zero-order valence-electron chi connectivity index (χ0n) is 11.3. The fourth-order valence-corrected chi connectivity index (χ4v) is 4.27. The molecule has 1 aromatic rings. The summed E-state index contributed by atoms with van der Waals surface area (Å²) in [5.41, 5.74) is 5.94. The number of sulfonamides is 1. The van der Waals surface area contributed by atoms with E-state index in [1.54, 1.807) is 12.1 Å². The molecule has 0 saturated carbocycles. The zero-order chi connectivity index (χ0) is 14.9. The molecule has 6 nitrogen and oxygen atoms in total. The molecule has 1 aliphatic heterocycles. The molecule has 0 spiro atoms. The first-order chi connectivity index (χ1) is 9.45. The Bertz CT molecular complexity index is 606. The molecule has 0 amide bonds. The first kappa shape index (κ1) is 15.2. The van der Waals surface area contributed by atoms with E-state index in [-0.39, 0.29) is 6.54 Å². The van der Waals surface area contributed by atoms with E-state index < -0.39 is 15.3 Å². The number of halogens is 1. The van der Waals surface area contributed by atoms with Gasteiger partial charge in [-0.05, 0) is 6.42 Å². The highest BCUT2D eigenvalue weighted by Gasteiger charge is 2.39. The summed E-state index contributed by atoms with van der Waals surface area (Å²) in [6.45, 7) is 0.469. The first-order valence-electron chi connectivity index (χ1n) is 6.08. The fourth-order valence-electron chi connectivity index (χ4n) is 2.25. The van der Waals surface area contributed by atoms with Gasteiger partial charge in [-0.25, -0.2) is 8.42 Å². The van der Waals surface area contributed by atoms with Crippen LogP contribution in [0.3, 0.4) is 0 Å². The highest BCUT2D eigenvalue weighted by molar-refractivity contribution is 7.93. The minimum absolute atomic E-state index is 0.103. The Balaban J connectivity index is 2.53. The molecule has 2 rings (SSSR count). The molecule has 112 valence electrons. The number of hydrogen-bond donors (Lipinski definition) is 1. The number of methoxy groups -OCH3 is 2. The van der Waals surface area contributed by atoms with Crippen LogP contribution in [0.4, 0.5) is 5.69 Å². The summed E-state index contributed by atoms with van der Waals surface area (Å²) in [7, 11) is -0.538. The minimum atomic E-state index is -3.47. The van der Waals surface area contributed by atoms with Crippen molar-refractivity contribution in [2.24, 2.45) is 5.73 Å². The number of nitrogens with zero attached hydrogens (tertiary/aromatic N) is 1. The van der Waals surface area contributed by atoms with Gasteiger partial charge in [0, 0.05) is 25.2 Å². The summed E-state index contributed by atoms with van der Waals surface area (Å²) in [6, 6.07) is 3.11. The molecule has 1 fully saturated rings. The maximum absolute atomic E-state index is 12.4. The molecule has 0 unspecified atom stereocenters. The lowest BCUT2D eigenvalue weighted by atomic mass is 10.2. The maximum atomic E-state index is 12.4. The molecular weight excluding hydrogens is 304 g/mol. The van der Waals surface area contributed by atoms with Crippen LogP contribution in [-0.2, 0) is 10.0 Å². The van der Waals surface area contributed by atoms with Crippen LogP contribution in [0.15, 0.2) is 12.1 Å². The lowest BCUT2D eigenvalue weighted by Gasteiger charge is -2.22. The Morgan fingerprint density at radius 2 is 2.00 bits per heavy atom. The summed E-state index contributed by atoms with van der Waals surface area (Å²) >= 11 is 6.02. The molecular formula is C12H17ClN2O4S. The lowest BCUT2D eigenvalue weighted by molar-refractivity contribution is 0.404. The molecule has 0 radical (unpaired) electrons. The number of benzene rings is 1. The van der Waals surface area contributed by atoms with Crippen LogP contribution in [0.25, 0.3) is 0 Å². The molecule has 2 N–H and O–H groups in total. The first-order valence-corrected chi connectivity index (χ1v) is 7.97. The maximum Gasteiger partial charge on any atom is 0.239 e. The van der Waals surface area contributed by atoms with Crippen LogP contribution in [-0.4, -0.2) is 41.0 Å². The Kier molecular flexibility index (Phi) is 4.31. The van der Waals surface area contributed by atoms with Gasteiger partial charge in [0.1, 0.15) is 11.5 Å². The molecule has 1 aromatic carbocycles. The topological polar surface area (TPSA) is 81.9 Å². The molecule has 1 aliphatic rings. The van der Waals surface area contributed by atoms with Gasteiger partial charge in [-0.15, -0.1) is 0 Å². The van der Waals surface area contributed by atoms with E-state index in [1.165, 1.54) is 18.5 Å². The highest BCUT2D eigenvalue weighted by Crippen LogP contribution is 2.41. The van der Waals surface area contributed by atoms with Crippen molar-refractivity contribution in [1.82, 2.24) is 0 Å². The number of rotatable bonds is 4. The third kappa shape index (κ3) is 2.41. The second-order valence-electron chi connectivity index (χ2n) is 4.42. The van der Waals surface area contributed by atoms with Crippen molar-refractivity contribution in [2.45, 2.75) is 11.7 Å². The molecule has 8 heteroatoms. The second kappa shape index (κ2) is 5.67. The molecule has 20 heavy (non-hydrogen) atoms. The summed E-state index contributed by atoms with van der Waals surface area (Å²) in [5, 5.41) is -0.200. The van der Waals surface area contributed by atoms with Crippen molar-refractivity contribution in [3.63, 3.8) is 0 Å².